The molecule has 0 atom stereocenters. The summed E-state index contributed by atoms with van der Waals surface area (Å²) in [4.78, 5) is 51.9. The number of benzene rings is 3. The smallest absolute Gasteiger partial charge is 0.338 e. The average molecular weight is 560 g/mol. The molecular formula is C31H30ClN3O5. The fourth-order valence-corrected chi connectivity index (χ4v) is 4.31. The van der Waals surface area contributed by atoms with E-state index in [2.05, 4.69) is 17.6 Å². The van der Waals surface area contributed by atoms with E-state index in [-0.39, 0.29) is 34.0 Å². The molecular weight excluding hydrogens is 530 g/mol. The summed E-state index contributed by atoms with van der Waals surface area (Å²) in [6, 6.07) is 20.2. The van der Waals surface area contributed by atoms with E-state index in [0.29, 0.717) is 16.9 Å². The van der Waals surface area contributed by atoms with Gasteiger partial charge in [-0.3, -0.25) is 14.4 Å². The zero-order valence-corrected chi connectivity index (χ0v) is 23.2. The van der Waals surface area contributed by atoms with Crippen LogP contribution in [0, 0.1) is 0 Å². The van der Waals surface area contributed by atoms with Crippen molar-refractivity contribution < 1.29 is 23.9 Å². The van der Waals surface area contributed by atoms with Crippen LogP contribution >= 0.6 is 11.6 Å². The predicted molar refractivity (Wildman–Crippen MR) is 155 cm³/mol. The Kier molecular flexibility index (Phi) is 9.01. The van der Waals surface area contributed by atoms with E-state index in [0.717, 1.165) is 24.2 Å². The number of imide groups is 1. The highest BCUT2D eigenvalue weighted by Crippen LogP contribution is 2.30. The number of hydrogen-bond acceptors (Lipinski definition) is 6. The van der Waals surface area contributed by atoms with Crippen LogP contribution in [0.5, 0.6) is 0 Å². The Morgan fingerprint density at radius 3 is 2.25 bits per heavy atom. The summed E-state index contributed by atoms with van der Waals surface area (Å²) >= 11 is 6.26. The van der Waals surface area contributed by atoms with Gasteiger partial charge in [-0.1, -0.05) is 43.1 Å². The van der Waals surface area contributed by atoms with Crippen molar-refractivity contribution in [3.05, 3.63) is 100 Å². The number of carbonyl (C=O) groups is 4. The van der Waals surface area contributed by atoms with Crippen LogP contribution in [0.2, 0.25) is 0 Å². The monoisotopic (exact) mass is 559 g/mol. The topological polar surface area (TPSA) is 105 Å². The minimum absolute atomic E-state index is 0.116. The van der Waals surface area contributed by atoms with E-state index in [1.54, 1.807) is 38.1 Å². The Balaban J connectivity index is 1.45. The van der Waals surface area contributed by atoms with Crippen LogP contribution in [0.25, 0.3) is 0 Å². The number of unbranched alkanes of at least 4 members (excludes halogenated alkanes) is 1. The molecule has 1 aliphatic rings. The van der Waals surface area contributed by atoms with Crippen molar-refractivity contribution in [1.82, 2.24) is 0 Å². The van der Waals surface area contributed by atoms with Crippen LogP contribution in [-0.4, -0.2) is 29.8 Å². The number of halogens is 1. The first-order valence-electron chi connectivity index (χ1n) is 13.0. The lowest BCUT2D eigenvalue weighted by molar-refractivity contribution is -0.120. The van der Waals surface area contributed by atoms with Gasteiger partial charge in [0.15, 0.2) is 0 Å². The molecule has 0 saturated carbocycles. The maximum atomic E-state index is 13.2. The largest absolute Gasteiger partial charge is 0.459 e. The van der Waals surface area contributed by atoms with Crippen LogP contribution in [0.1, 0.15) is 59.9 Å². The average Bonchev–Trinajstić information content (AvgIpc) is 3.15. The van der Waals surface area contributed by atoms with Crippen LogP contribution in [0.3, 0.4) is 0 Å². The quantitative estimate of drug-likeness (QED) is 0.224. The third-order valence-corrected chi connectivity index (χ3v) is 6.51. The zero-order valence-electron chi connectivity index (χ0n) is 22.5. The van der Waals surface area contributed by atoms with E-state index >= 15 is 0 Å². The maximum absolute atomic E-state index is 13.2. The summed E-state index contributed by atoms with van der Waals surface area (Å²) in [7, 11) is 0. The van der Waals surface area contributed by atoms with Crippen LogP contribution in [0.15, 0.2) is 83.5 Å². The maximum Gasteiger partial charge on any atom is 0.338 e. The van der Waals surface area contributed by atoms with E-state index in [1.165, 1.54) is 29.8 Å². The number of anilines is 3. The molecule has 9 heteroatoms. The molecule has 0 radical (unpaired) electrons. The summed E-state index contributed by atoms with van der Waals surface area (Å²) in [6.45, 7) is 5.63. The molecule has 1 aliphatic heterocycles. The molecule has 0 saturated heterocycles. The van der Waals surface area contributed by atoms with Crippen molar-refractivity contribution in [3.8, 4) is 0 Å². The molecule has 0 aliphatic carbocycles. The fourth-order valence-electron chi connectivity index (χ4n) is 4.10. The summed E-state index contributed by atoms with van der Waals surface area (Å²) < 4.78 is 5.17. The first-order valence-corrected chi connectivity index (χ1v) is 13.4. The molecule has 0 unspecified atom stereocenters. The summed E-state index contributed by atoms with van der Waals surface area (Å²) in [5, 5.41) is 5.47. The Morgan fingerprint density at radius 1 is 0.900 bits per heavy atom. The highest BCUT2D eigenvalue weighted by atomic mass is 35.5. The van der Waals surface area contributed by atoms with Gasteiger partial charge < -0.3 is 15.4 Å². The highest BCUT2D eigenvalue weighted by molar-refractivity contribution is 6.53. The van der Waals surface area contributed by atoms with Gasteiger partial charge in [0.25, 0.3) is 17.7 Å². The highest BCUT2D eigenvalue weighted by Gasteiger charge is 2.39. The number of amides is 3. The second-order valence-corrected chi connectivity index (χ2v) is 9.97. The second kappa shape index (κ2) is 12.6. The van der Waals surface area contributed by atoms with Gasteiger partial charge in [-0.15, -0.1) is 0 Å². The molecule has 2 N–H and O–H groups in total. The summed E-state index contributed by atoms with van der Waals surface area (Å²) in [5.74, 6) is -2.20. The summed E-state index contributed by atoms with van der Waals surface area (Å²) in [6.07, 6.45) is 2.94. The molecule has 0 fully saturated rings. The van der Waals surface area contributed by atoms with Gasteiger partial charge in [0.05, 0.1) is 17.4 Å². The molecule has 8 nitrogen and oxygen atoms in total. The molecule has 0 aromatic heterocycles. The van der Waals surface area contributed by atoms with E-state index < -0.39 is 17.8 Å². The second-order valence-electron chi connectivity index (χ2n) is 9.60. The van der Waals surface area contributed by atoms with Gasteiger partial charge in [0.2, 0.25) is 0 Å². The van der Waals surface area contributed by atoms with Crippen molar-refractivity contribution >= 4 is 52.4 Å². The molecule has 1 heterocycles. The number of ether oxygens (including phenoxy) is 1. The first-order chi connectivity index (χ1) is 19.2. The molecule has 0 spiro atoms. The number of nitrogens with zero attached hydrogens (tertiary/aromatic N) is 1. The number of aryl methyl sites for hydroxylation is 1. The van der Waals surface area contributed by atoms with Crippen molar-refractivity contribution in [2.45, 2.75) is 46.1 Å². The minimum atomic E-state index is -0.706. The van der Waals surface area contributed by atoms with E-state index in [1.807, 2.05) is 24.3 Å². The van der Waals surface area contributed by atoms with Crippen molar-refractivity contribution in [2.24, 2.45) is 0 Å². The van der Waals surface area contributed by atoms with Crippen LogP contribution in [-0.2, 0) is 20.7 Å². The number of rotatable bonds is 10. The van der Waals surface area contributed by atoms with Crippen molar-refractivity contribution in [3.63, 3.8) is 0 Å². The molecule has 40 heavy (non-hydrogen) atoms. The Labute approximate surface area is 238 Å². The number of carbonyl (C=O) groups excluding carboxylic acids is 4. The minimum Gasteiger partial charge on any atom is -0.459 e. The van der Waals surface area contributed by atoms with E-state index in [4.69, 9.17) is 16.3 Å². The molecule has 3 aromatic rings. The fraction of sp³-hybridized carbons (Fsp3) is 0.226. The van der Waals surface area contributed by atoms with Crippen molar-refractivity contribution in [2.75, 3.05) is 15.5 Å². The molecule has 0 bridgehead atoms. The Hall–Kier alpha value is -4.43. The summed E-state index contributed by atoms with van der Waals surface area (Å²) in [5.41, 5.74) is 3.07. The molecule has 4 rings (SSSR count). The Morgan fingerprint density at radius 2 is 1.60 bits per heavy atom. The van der Waals surface area contributed by atoms with Gasteiger partial charge in [-0.2, -0.15) is 0 Å². The van der Waals surface area contributed by atoms with Gasteiger partial charge in [-0.05, 0) is 86.8 Å². The lowest BCUT2D eigenvalue weighted by Gasteiger charge is -2.16. The van der Waals surface area contributed by atoms with Crippen molar-refractivity contribution in [1.29, 1.82) is 0 Å². The van der Waals surface area contributed by atoms with Gasteiger partial charge in [0, 0.05) is 16.9 Å². The first kappa shape index (κ1) is 28.6. The zero-order chi connectivity index (χ0) is 28.8. The van der Waals surface area contributed by atoms with Gasteiger partial charge in [-0.25, -0.2) is 9.69 Å². The third kappa shape index (κ3) is 6.58. The number of nitrogens with one attached hydrogen (secondary N) is 2. The number of hydrogen-bond donors (Lipinski definition) is 2. The standard InChI is InChI=1S/C31H30ClN3O5/c1-4-5-7-20-10-14-23(15-11-20)34-28(36)22-8-6-9-24(18-22)33-27-26(32)29(37)35(30(27)38)25-16-12-21(13-17-25)31(39)40-19(2)3/h6,8-19,33H,4-5,7H2,1-3H3,(H,34,36). The van der Waals surface area contributed by atoms with E-state index in [9.17, 15) is 19.2 Å². The third-order valence-electron chi connectivity index (χ3n) is 6.16. The molecule has 3 aromatic carbocycles. The van der Waals surface area contributed by atoms with Crippen LogP contribution in [0.4, 0.5) is 17.1 Å². The van der Waals surface area contributed by atoms with Gasteiger partial charge >= 0.3 is 5.97 Å². The normalized spacial score (nSPS) is 13.2. The Bertz CT molecular complexity index is 1460. The molecule has 3 amide bonds. The predicted octanol–water partition coefficient (Wildman–Crippen LogP) is 6.28. The number of esters is 1. The molecule has 206 valence electrons. The SMILES string of the molecule is CCCCc1ccc(NC(=O)c2cccc(NC3=C(Cl)C(=O)N(c4ccc(C(=O)OC(C)C)cc4)C3=O)c2)cc1. The van der Waals surface area contributed by atoms with Crippen LogP contribution < -0.4 is 15.5 Å². The lowest BCUT2D eigenvalue weighted by Crippen LogP contribution is -2.32. The lowest BCUT2D eigenvalue weighted by atomic mass is 10.1. The van der Waals surface area contributed by atoms with Gasteiger partial charge in [0.1, 0.15) is 10.7 Å².